The van der Waals surface area contributed by atoms with Crippen LogP contribution in [-0.4, -0.2) is 63.5 Å². The van der Waals surface area contributed by atoms with E-state index >= 15 is 0 Å². The molecule has 0 aromatic heterocycles. The maximum Gasteiger partial charge on any atom is 0.222 e. The Morgan fingerprint density at radius 3 is 2.59 bits per heavy atom. The standard InChI is InChI=1S/C16H25NO5/c1-17(10-13(18)11-20-2)16(19)8-5-12-9-14(21-3)6-7-15(12)22-4/h6-7,9,13,18H,5,8,10-11H2,1-4H3/t13-/m1/s1. The summed E-state index contributed by atoms with van der Waals surface area (Å²) in [6, 6.07) is 5.51. The topological polar surface area (TPSA) is 68.2 Å². The summed E-state index contributed by atoms with van der Waals surface area (Å²) in [6.07, 6.45) is 0.203. The van der Waals surface area contributed by atoms with Crippen molar-refractivity contribution in [2.24, 2.45) is 0 Å². The maximum atomic E-state index is 12.1. The Labute approximate surface area is 131 Å². The fourth-order valence-electron chi connectivity index (χ4n) is 2.17. The molecule has 1 amide bonds. The Bertz CT molecular complexity index is 478. The monoisotopic (exact) mass is 311 g/mol. The molecule has 0 saturated carbocycles. The summed E-state index contributed by atoms with van der Waals surface area (Å²) in [5.74, 6) is 1.42. The van der Waals surface area contributed by atoms with Crippen molar-refractivity contribution in [3.05, 3.63) is 23.8 Å². The Balaban J connectivity index is 2.59. The quantitative estimate of drug-likeness (QED) is 0.740. The van der Waals surface area contributed by atoms with Crippen molar-refractivity contribution >= 4 is 5.91 Å². The number of carbonyl (C=O) groups excluding carboxylic acids is 1. The highest BCUT2D eigenvalue weighted by atomic mass is 16.5. The molecule has 0 fully saturated rings. The highest BCUT2D eigenvalue weighted by Gasteiger charge is 2.15. The number of aliphatic hydroxyl groups excluding tert-OH is 1. The smallest absolute Gasteiger partial charge is 0.222 e. The van der Waals surface area contributed by atoms with Crippen LogP contribution >= 0.6 is 0 Å². The van der Waals surface area contributed by atoms with Gasteiger partial charge in [0.25, 0.3) is 0 Å². The zero-order valence-corrected chi connectivity index (χ0v) is 13.7. The molecule has 0 saturated heterocycles. The average molecular weight is 311 g/mol. The minimum Gasteiger partial charge on any atom is -0.497 e. The van der Waals surface area contributed by atoms with Gasteiger partial charge in [0.15, 0.2) is 0 Å². The second-order valence-corrected chi connectivity index (χ2v) is 5.06. The normalized spacial score (nSPS) is 11.9. The summed E-state index contributed by atoms with van der Waals surface area (Å²) >= 11 is 0. The van der Waals surface area contributed by atoms with E-state index in [1.807, 2.05) is 18.2 Å². The Kier molecular flexibility index (Phi) is 7.70. The zero-order valence-electron chi connectivity index (χ0n) is 13.7. The molecule has 6 heteroatoms. The SMILES string of the molecule is COC[C@H](O)CN(C)C(=O)CCc1cc(OC)ccc1OC. The van der Waals surface area contributed by atoms with Crippen LogP contribution in [-0.2, 0) is 16.0 Å². The first-order chi connectivity index (χ1) is 10.5. The molecule has 1 aromatic carbocycles. The van der Waals surface area contributed by atoms with Gasteiger partial charge in [0.05, 0.1) is 26.9 Å². The van der Waals surface area contributed by atoms with E-state index in [-0.39, 0.29) is 19.1 Å². The molecule has 124 valence electrons. The van der Waals surface area contributed by atoms with E-state index < -0.39 is 6.10 Å². The Hall–Kier alpha value is -1.79. The summed E-state index contributed by atoms with van der Waals surface area (Å²) in [5, 5.41) is 9.65. The molecular weight excluding hydrogens is 286 g/mol. The minimum atomic E-state index is -0.676. The lowest BCUT2D eigenvalue weighted by molar-refractivity contribution is -0.131. The van der Waals surface area contributed by atoms with Gasteiger partial charge >= 0.3 is 0 Å². The minimum absolute atomic E-state index is 0.0416. The number of likely N-dealkylation sites (N-methyl/N-ethyl adjacent to an activating group) is 1. The number of carbonyl (C=O) groups is 1. The van der Waals surface area contributed by atoms with Crippen molar-refractivity contribution in [1.29, 1.82) is 0 Å². The van der Waals surface area contributed by atoms with Crippen LogP contribution in [0.4, 0.5) is 0 Å². The fourth-order valence-corrected chi connectivity index (χ4v) is 2.17. The van der Waals surface area contributed by atoms with Crippen LogP contribution in [0, 0.1) is 0 Å². The molecule has 1 rings (SSSR count). The highest BCUT2D eigenvalue weighted by molar-refractivity contribution is 5.76. The lowest BCUT2D eigenvalue weighted by Gasteiger charge is -2.20. The van der Waals surface area contributed by atoms with Crippen molar-refractivity contribution in [3.8, 4) is 11.5 Å². The molecule has 0 spiro atoms. The third kappa shape index (κ3) is 5.54. The molecule has 0 aliphatic carbocycles. The van der Waals surface area contributed by atoms with Crippen LogP contribution in [0.1, 0.15) is 12.0 Å². The summed E-state index contributed by atoms with van der Waals surface area (Å²) in [7, 11) is 6.38. The maximum absolute atomic E-state index is 12.1. The summed E-state index contributed by atoms with van der Waals surface area (Å²) in [4.78, 5) is 13.6. The van der Waals surface area contributed by atoms with Crippen molar-refractivity contribution in [2.45, 2.75) is 18.9 Å². The third-order valence-electron chi connectivity index (χ3n) is 3.37. The molecule has 1 atom stereocenters. The average Bonchev–Trinajstić information content (AvgIpc) is 2.52. The van der Waals surface area contributed by atoms with E-state index in [0.717, 1.165) is 17.1 Å². The fraction of sp³-hybridized carbons (Fsp3) is 0.562. The van der Waals surface area contributed by atoms with Gasteiger partial charge in [0, 0.05) is 27.1 Å². The number of benzene rings is 1. The highest BCUT2D eigenvalue weighted by Crippen LogP contribution is 2.25. The van der Waals surface area contributed by atoms with Gasteiger partial charge in [-0.25, -0.2) is 0 Å². The van der Waals surface area contributed by atoms with E-state index in [1.165, 1.54) is 12.0 Å². The van der Waals surface area contributed by atoms with E-state index in [0.29, 0.717) is 12.8 Å². The number of aryl methyl sites for hydroxylation is 1. The van der Waals surface area contributed by atoms with Gasteiger partial charge in [-0.15, -0.1) is 0 Å². The second-order valence-electron chi connectivity index (χ2n) is 5.06. The van der Waals surface area contributed by atoms with Gasteiger partial charge in [0.1, 0.15) is 11.5 Å². The predicted molar refractivity (Wildman–Crippen MR) is 83.4 cm³/mol. The van der Waals surface area contributed by atoms with Crippen LogP contribution < -0.4 is 9.47 Å². The van der Waals surface area contributed by atoms with Crippen LogP contribution in [0.15, 0.2) is 18.2 Å². The van der Waals surface area contributed by atoms with Crippen LogP contribution in [0.25, 0.3) is 0 Å². The van der Waals surface area contributed by atoms with E-state index in [2.05, 4.69) is 0 Å². The summed E-state index contributed by atoms with van der Waals surface area (Å²) in [6.45, 7) is 0.462. The number of rotatable bonds is 9. The second kappa shape index (κ2) is 9.27. The molecule has 22 heavy (non-hydrogen) atoms. The summed E-state index contributed by atoms with van der Waals surface area (Å²) < 4.78 is 15.3. The molecule has 0 radical (unpaired) electrons. The first-order valence-corrected chi connectivity index (χ1v) is 7.13. The van der Waals surface area contributed by atoms with Gasteiger partial charge in [-0.05, 0) is 30.2 Å². The van der Waals surface area contributed by atoms with E-state index in [9.17, 15) is 9.90 Å². The molecule has 0 aliphatic rings. The van der Waals surface area contributed by atoms with Crippen molar-refractivity contribution in [3.63, 3.8) is 0 Å². The van der Waals surface area contributed by atoms with Crippen LogP contribution in [0.2, 0.25) is 0 Å². The van der Waals surface area contributed by atoms with Crippen LogP contribution in [0.5, 0.6) is 11.5 Å². The number of nitrogens with zero attached hydrogens (tertiary/aromatic N) is 1. The molecule has 1 aromatic rings. The number of hydrogen-bond donors (Lipinski definition) is 1. The Morgan fingerprint density at radius 2 is 2.00 bits per heavy atom. The van der Waals surface area contributed by atoms with Crippen molar-refractivity contribution in [1.82, 2.24) is 4.90 Å². The first kappa shape index (κ1) is 18.3. The largest absolute Gasteiger partial charge is 0.497 e. The Morgan fingerprint density at radius 1 is 1.27 bits per heavy atom. The van der Waals surface area contributed by atoms with Gasteiger partial charge < -0.3 is 24.2 Å². The molecule has 0 unspecified atom stereocenters. The predicted octanol–water partition coefficient (Wildman–Crippen LogP) is 1.10. The number of hydrogen-bond acceptors (Lipinski definition) is 5. The van der Waals surface area contributed by atoms with Gasteiger partial charge in [-0.2, -0.15) is 0 Å². The van der Waals surface area contributed by atoms with Gasteiger partial charge in [-0.1, -0.05) is 0 Å². The van der Waals surface area contributed by atoms with Crippen molar-refractivity contribution < 1.29 is 24.1 Å². The molecule has 6 nitrogen and oxygen atoms in total. The molecule has 0 heterocycles. The molecular formula is C16H25NO5. The van der Waals surface area contributed by atoms with Crippen LogP contribution in [0.3, 0.4) is 0 Å². The zero-order chi connectivity index (χ0) is 16.5. The van der Waals surface area contributed by atoms with Gasteiger partial charge in [-0.3, -0.25) is 4.79 Å². The molecule has 1 N–H and O–H groups in total. The lowest BCUT2D eigenvalue weighted by atomic mass is 10.1. The third-order valence-corrected chi connectivity index (χ3v) is 3.37. The number of amides is 1. The van der Waals surface area contributed by atoms with E-state index in [4.69, 9.17) is 14.2 Å². The van der Waals surface area contributed by atoms with Gasteiger partial charge in [0.2, 0.25) is 5.91 Å². The molecule has 0 aliphatic heterocycles. The molecule has 0 bridgehead atoms. The number of aliphatic hydroxyl groups is 1. The van der Waals surface area contributed by atoms with E-state index in [1.54, 1.807) is 21.3 Å². The number of methoxy groups -OCH3 is 3. The first-order valence-electron chi connectivity index (χ1n) is 7.13. The summed E-state index contributed by atoms with van der Waals surface area (Å²) in [5.41, 5.74) is 0.918. The van der Waals surface area contributed by atoms with Crippen molar-refractivity contribution in [2.75, 3.05) is 41.5 Å². The number of ether oxygens (including phenoxy) is 3. The lowest BCUT2D eigenvalue weighted by Crippen LogP contribution is -2.36.